The van der Waals surface area contributed by atoms with Crippen LogP contribution in [0.25, 0.3) is 11.1 Å². The topological polar surface area (TPSA) is 67.5 Å². The van der Waals surface area contributed by atoms with Gasteiger partial charge in [0.1, 0.15) is 6.67 Å². The molecule has 0 saturated carbocycles. The standard InChI is InChI=1S/C16H21N3O3/c1-4-18(5-2)14-8-6-13(7-9-14)15-10-19(22-16(15)21)11-17-12(3)20/h6-10H,4-5,11H2,1-3H3,(H,17,20). The van der Waals surface area contributed by atoms with Crippen LogP contribution in [0.5, 0.6) is 0 Å². The Morgan fingerprint density at radius 1 is 1.23 bits per heavy atom. The summed E-state index contributed by atoms with van der Waals surface area (Å²) < 4.78 is 6.39. The molecule has 0 bridgehead atoms. The van der Waals surface area contributed by atoms with Crippen LogP contribution in [0.4, 0.5) is 5.69 Å². The quantitative estimate of drug-likeness (QED) is 0.887. The number of amides is 1. The van der Waals surface area contributed by atoms with Crippen LogP contribution >= 0.6 is 0 Å². The molecule has 1 aromatic heterocycles. The fourth-order valence-electron chi connectivity index (χ4n) is 2.28. The van der Waals surface area contributed by atoms with E-state index in [0.29, 0.717) is 5.56 Å². The molecule has 6 heteroatoms. The van der Waals surface area contributed by atoms with Crippen LogP contribution in [0.2, 0.25) is 0 Å². The molecular weight excluding hydrogens is 282 g/mol. The molecule has 22 heavy (non-hydrogen) atoms. The second-order valence-corrected chi connectivity index (χ2v) is 4.95. The zero-order valence-corrected chi connectivity index (χ0v) is 13.1. The molecule has 0 radical (unpaired) electrons. The zero-order valence-electron chi connectivity index (χ0n) is 13.1. The number of hydrogen-bond donors (Lipinski definition) is 1. The van der Waals surface area contributed by atoms with Crippen molar-refractivity contribution in [3.05, 3.63) is 40.9 Å². The molecule has 0 saturated heterocycles. The average molecular weight is 303 g/mol. The number of rotatable bonds is 6. The van der Waals surface area contributed by atoms with Crippen molar-refractivity contribution in [1.82, 2.24) is 10.1 Å². The van der Waals surface area contributed by atoms with Gasteiger partial charge in [-0.2, -0.15) is 4.74 Å². The second kappa shape index (κ2) is 6.98. The van der Waals surface area contributed by atoms with Gasteiger partial charge in [-0.15, -0.1) is 0 Å². The summed E-state index contributed by atoms with van der Waals surface area (Å²) in [7, 11) is 0. The van der Waals surface area contributed by atoms with E-state index in [0.717, 1.165) is 24.3 Å². The summed E-state index contributed by atoms with van der Waals surface area (Å²) >= 11 is 0. The number of benzene rings is 1. The maximum atomic E-state index is 11.9. The Morgan fingerprint density at radius 3 is 2.41 bits per heavy atom. The smallest absolute Gasteiger partial charge is 0.365 e. The van der Waals surface area contributed by atoms with Crippen molar-refractivity contribution in [2.75, 3.05) is 18.0 Å². The summed E-state index contributed by atoms with van der Waals surface area (Å²) in [4.78, 5) is 25.0. The fraction of sp³-hybridized carbons (Fsp3) is 0.375. The molecule has 1 aromatic carbocycles. The van der Waals surface area contributed by atoms with Crippen molar-refractivity contribution < 1.29 is 9.32 Å². The van der Waals surface area contributed by atoms with Crippen molar-refractivity contribution in [2.45, 2.75) is 27.4 Å². The largest absolute Gasteiger partial charge is 0.372 e. The Bertz CT molecular complexity index is 681. The van der Waals surface area contributed by atoms with E-state index in [4.69, 9.17) is 4.52 Å². The monoisotopic (exact) mass is 303 g/mol. The number of nitrogens with one attached hydrogen (secondary N) is 1. The molecule has 0 unspecified atom stereocenters. The van der Waals surface area contributed by atoms with Crippen LogP contribution in [0.15, 0.2) is 39.8 Å². The summed E-state index contributed by atoms with van der Waals surface area (Å²) in [6.45, 7) is 7.63. The van der Waals surface area contributed by atoms with Gasteiger partial charge in [-0.1, -0.05) is 12.1 Å². The predicted molar refractivity (Wildman–Crippen MR) is 85.8 cm³/mol. The van der Waals surface area contributed by atoms with Crippen molar-refractivity contribution in [1.29, 1.82) is 0 Å². The van der Waals surface area contributed by atoms with Crippen LogP contribution in [0.3, 0.4) is 0 Å². The highest BCUT2D eigenvalue weighted by Crippen LogP contribution is 2.21. The third-order valence-electron chi connectivity index (χ3n) is 3.48. The summed E-state index contributed by atoms with van der Waals surface area (Å²) in [5.74, 6) is -0.179. The first kappa shape index (κ1) is 15.9. The predicted octanol–water partition coefficient (Wildman–Crippen LogP) is 2.05. The van der Waals surface area contributed by atoms with E-state index >= 15 is 0 Å². The molecular formula is C16H21N3O3. The van der Waals surface area contributed by atoms with Gasteiger partial charge in [0.15, 0.2) is 0 Å². The van der Waals surface area contributed by atoms with Crippen molar-refractivity contribution in [3.63, 3.8) is 0 Å². The van der Waals surface area contributed by atoms with E-state index in [-0.39, 0.29) is 12.6 Å². The third-order valence-corrected chi connectivity index (χ3v) is 3.48. The van der Waals surface area contributed by atoms with Gasteiger partial charge >= 0.3 is 5.63 Å². The summed E-state index contributed by atoms with van der Waals surface area (Å²) in [6, 6.07) is 7.80. The lowest BCUT2D eigenvalue weighted by Gasteiger charge is -2.20. The number of aromatic nitrogens is 1. The van der Waals surface area contributed by atoms with Crippen molar-refractivity contribution >= 4 is 11.6 Å². The van der Waals surface area contributed by atoms with Crippen LogP contribution in [-0.2, 0) is 11.5 Å². The minimum atomic E-state index is -0.416. The number of nitrogens with zero attached hydrogens (tertiary/aromatic N) is 2. The van der Waals surface area contributed by atoms with Crippen molar-refractivity contribution in [3.8, 4) is 11.1 Å². The Hall–Kier alpha value is -2.50. The van der Waals surface area contributed by atoms with Gasteiger partial charge in [-0.25, -0.2) is 4.79 Å². The van der Waals surface area contributed by atoms with Crippen LogP contribution < -0.4 is 15.8 Å². The molecule has 1 N–H and O–H groups in total. The minimum absolute atomic E-state index is 0.141. The molecule has 1 amide bonds. The second-order valence-electron chi connectivity index (χ2n) is 4.95. The summed E-state index contributed by atoms with van der Waals surface area (Å²) in [6.07, 6.45) is 1.60. The molecule has 0 spiro atoms. The Morgan fingerprint density at radius 2 is 1.86 bits per heavy atom. The molecule has 1 heterocycles. The van der Waals surface area contributed by atoms with Crippen LogP contribution in [0, 0.1) is 0 Å². The van der Waals surface area contributed by atoms with Gasteiger partial charge in [-0.3, -0.25) is 4.79 Å². The molecule has 0 fully saturated rings. The Labute approximate surface area is 129 Å². The lowest BCUT2D eigenvalue weighted by molar-refractivity contribution is -0.119. The third kappa shape index (κ3) is 3.58. The van der Waals surface area contributed by atoms with Gasteiger partial charge in [0.25, 0.3) is 0 Å². The van der Waals surface area contributed by atoms with E-state index in [2.05, 4.69) is 24.1 Å². The number of carbonyl (C=O) groups is 1. The molecule has 0 aliphatic carbocycles. The number of hydrogen-bond acceptors (Lipinski definition) is 4. The van der Waals surface area contributed by atoms with Crippen LogP contribution in [-0.4, -0.2) is 23.7 Å². The van der Waals surface area contributed by atoms with E-state index in [1.165, 1.54) is 11.7 Å². The van der Waals surface area contributed by atoms with Gasteiger partial charge in [-0.05, 0) is 31.5 Å². The molecule has 2 rings (SSSR count). The molecule has 2 aromatic rings. The highest BCUT2D eigenvalue weighted by molar-refractivity contribution is 5.72. The van der Waals surface area contributed by atoms with Gasteiger partial charge in [0.2, 0.25) is 5.91 Å². The molecule has 0 aliphatic heterocycles. The summed E-state index contributed by atoms with van der Waals surface area (Å²) in [5, 5.41) is 2.58. The minimum Gasteiger partial charge on any atom is -0.372 e. The first-order valence-corrected chi connectivity index (χ1v) is 7.35. The van der Waals surface area contributed by atoms with Gasteiger partial charge < -0.3 is 14.7 Å². The zero-order chi connectivity index (χ0) is 16.1. The average Bonchev–Trinajstić information content (AvgIpc) is 2.88. The molecule has 6 nitrogen and oxygen atoms in total. The van der Waals surface area contributed by atoms with E-state index in [1.54, 1.807) is 6.20 Å². The Balaban J connectivity index is 2.21. The summed E-state index contributed by atoms with van der Waals surface area (Å²) in [5.41, 5.74) is 1.99. The first-order valence-electron chi connectivity index (χ1n) is 7.35. The molecule has 0 atom stereocenters. The van der Waals surface area contributed by atoms with E-state index < -0.39 is 5.63 Å². The van der Waals surface area contributed by atoms with Gasteiger partial charge in [0, 0.05) is 25.7 Å². The normalized spacial score (nSPS) is 10.5. The Kier molecular flexibility index (Phi) is 5.04. The fourth-order valence-corrected chi connectivity index (χ4v) is 2.28. The maximum Gasteiger partial charge on any atom is 0.365 e. The van der Waals surface area contributed by atoms with Gasteiger partial charge in [0.05, 0.1) is 11.8 Å². The number of carbonyl (C=O) groups excluding carboxylic acids is 1. The highest BCUT2D eigenvalue weighted by Gasteiger charge is 2.10. The van der Waals surface area contributed by atoms with Crippen molar-refractivity contribution in [2.24, 2.45) is 0 Å². The first-order chi connectivity index (χ1) is 10.5. The number of anilines is 1. The molecule has 118 valence electrons. The lowest BCUT2D eigenvalue weighted by atomic mass is 10.1. The van der Waals surface area contributed by atoms with Crippen LogP contribution in [0.1, 0.15) is 20.8 Å². The van der Waals surface area contributed by atoms with E-state index in [1.807, 2.05) is 24.3 Å². The van der Waals surface area contributed by atoms with E-state index in [9.17, 15) is 9.59 Å². The SMILES string of the molecule is CCN(CC)c1ccc(-c2cn(CNC(C)=O)oc2=O)cc1. The maximum absolute atomic E-state index is 11.9. The lowest BCUT2D eigenvalue weighted by Crippen LogP contribution is -2.22. The molecule has 0 aliphatic rings. The highest BCUT2D eigenvalue weighted by atomic mass is 16.5.